The number of ether oxygens (including phenoxy) is 1. The molecule has 6 rings (SSSR count). The van der Waals surface area contributed by atoms with Crippen LogP contribution in [0.5, 0.6) is 0 Å². The van der Waals surface area contributed by atoms with Crippen molar-refractivity contribution in [2.75, 3.05) is 7.11 Å². The second kappa shape index (κ2) is 10.8. The average molecular weight is 589 g/mol. The van der Waals surface area contributed by atoms with E-state index in [9.17, 15) is 13.2 Å². The standard InChI is InChI=1S/C34H24N2O4S2/c1-22-14-16-27(17-15-22)42(38,39)36-30-13-5-4-12-28(30)31(29-18-19-41-33(29)35-2)32(36)25-10-6-8-23(20-25)24-9-7-11-26(21-24)34(37)40-3/h4-21H,1,3H3. The van der Waals surface area contributed by atoms with Crippen LogP contribution >= 0.6 is 11.3 Å². The number of fused-ring (bicyclic) bond motifs is 1. The fourth-order valence-electron chi connectivity index (χ4n) is 5.18. The minimum Gasteiger partial charge on any atom is -0.465 e. The fraction of sp³-hybridized carbons (Fsp3) is 0.0588. The summed E-state index contributed by atoms with van der Waals surface area (Å²) in [5.74, 6) is -0.441. The Bertz CT molecular complexity index is 2130. The maximum atomic E-state index is 14.5. The lowest BCUT2D eigenvalue weighted by molar-refractivity contribution is 0.0600. The summed E-state index contributed by atoms with van der Waals surface area (Å²) in [4.78, 5) is 16.1. The van der Waals surface area contributed by atoms with Gasteiger partial charge in [-0.3, -0.25) is 0 Å². The van der Waals surface area contributed by atoms with Gasteiger partial charge in [0.2, 0.25) is 5.00 Å². The van der Waals surface area contributed by atoms with Crippen molar-refractivity contribution >= 4 is 43.2 Å². The number of thiophene rings is 1. The minimum absolute atomic E-state index is 0.166. The zero-order chi connectivity index (χ0) is 29.4. The Balaban J connectivity index is 1.69. The third kappa shape index (κ3) is 4.59. The van der Waals surface area contributed by atoms with E-state index in [4.69, 9.17) is 11.3 Å². The van der Waals surface area contributed by atoms with Crippen LogP contribution in [-0.4, -0.2) is 25.5 Å². The molecule has 0 aliphatic carbocycles. The molecular formula is C34H24N2O4S2. The van der Waals surface area contributed by atoms with Gasteiger partial charge < -0.3 is 4.74 Å². The van der Waals surface area contributed by atoms with Gasteiger partial charge in [-0.05, 0) is 59.8 Å². The van der Waals surface area contributed by atoms with Gasteiger partial charge in [0.15, 0.2) is 0 Å². The van der Waals surface area contributed by atoms with Gasteiger partial charge in [0, 0.05) is 22.1 Å². The Hall–Kier alpha value is -4.97. The van der Waals surface area contributed by atoms with Gasteiger partial charge in [0.1, 0.15) is 0 Å². The van der Waals surface area contributed by atoms with Crippen molar-refractivity contribution in [1.82, 2.24) is 3.97 Å². The summed E-state index contributed by atoms with van der Waals surface area (Å²) < 4.78 is 35.2. The number of methoxy groups -OCH3 is 1. The van der Waals surface area contributed by atoms with E-state index in [0.29, 0.717) is 38.5 Å². The summed E-state index contributed by atoms with van der Waals surface area (Å²) >= 11 is 1.32. The molecule has 0 bridgehead atoms. The normalized spacial score (nSPS) is 11.4. The second-order valence-electron chi connectivity index (χ2n) is 9.73. The molecule has 4 aromatic carbocycles. The lowest BCUT2D eigenvalue weighted by atomic mass is 9.96. The van der Waals surface area contributed by atoms with E-state index in [0.717, 1.165) is 22.1 Å². The molecule has 0 N–H and O–H groups in total. The largest absolute Gasteiger partial charge is 0.465 e. The smallest absolute Gasteiger partial charge is 0.337 e. The van der Waals surface area contributed by atoms with Gasteiger partial charge in [0.05, 0.1) is 35.4 Å². The molecule has 0 saturated heterocycles. The molecule has 0 aliphatic rings. The molecule has 0 unspecified atom stereocenters. The number of nitrogens with zero attached hydrogens (tertiary/aromatic N) is 2. The summed E-state index contributed by atoms with van der Waals surface area (Å²) in [5.41, 5.74) is 5.93. The Morgan fingerprint density at radius 3 is 2.29 bits per heavy atom. The molecule has 0 saturated carbocycles. The molecule has 2 heterocycles. The number of benzene rings is 4. The number of carbonyl (C=O) groups excluding carboxylic acids is 1. The first-order valence-electron chi connectivity index (χ1n) is 13.0. The highest BCUT2D eigenvalue weighted by molar-refractivity contribution is 7.90. The lowest BCUT2D eigenvalue weighted by Crippen LogP contribution is -2.14. The predicted molar refractivity (Wildman–Crippen MR) is 167 cm³/mol. The summed E-state index contributed by atoms with van der Waals surface area (Å²) in [5, 5.41) is 3.06. The van der Waals surface area contributed by atoms with Gasteiger partial charge in [-0.15, -0.1) is 0 Å². The quantitative estimate of drug-likeness (QED) is 0.144. The van der Waals surface area contributed by atoms with Crippen LogP contribution in [0.15, 0.2) is 113 Å². The van der Waals surface area contributed by atoms with E-state index < -0.39 is 16.0 Å². The molecule has 0 atom stereocenters. The van der Waals surface area contributed by atoms with Gasteiger partial charge in [-0.25, -0.2) is 22.0 Å². The second-order valence-corrected chi connectivity index (χ2v) is 12.4. The lowest BCUT2D eigenvalue weighted by Gasteiger charge is -2.15. The Morgan fingerprint density at radius 1 is 0.857 bits per heavy atom. The number of carbonyl (C=O) groups is 1. The zero-order valence-electron chi connectivity index (χ0n) is 22.7. The first-order chi connectivity index (χ1) is 20.3. The summed E-state index contributed by atoms with van der Waals surface area (Å²) in [7, 11) is -2.73. The van der Waals surface area contributed by atoms with E-state index in [1.54, 1.807) is 48.5 Å². The predicted octanol–water partition coefficient (Wildman–Crippen LogP) is 8.59. The molecule has 0 radical (unpaired) electrons. The molecular weight excluding hydrogens is 565 g/mol. The maximum absolute atomic E-state index is 14.5. The molecule has 6 nitrogen and oxygen atoms in total. The number of esters is 1. The number of aromatic nitrogens is 1. The third-order valence-corrected chi connectivity index (χ3v) is 9.69. The van der Waals surface area contributed by atoms with E-state index in [2.05, 4.69) is 4.85 Å². The Morgan fingerprint density at radius 2 is 1.55 bits per heavy atom. The summed E-state index contributed by atoms with van der Waals surface area (Å²) in [6.07, 6.45) is 0. The Kier molecular flexibility index (Phi) is 6.99. The minimum atomic E-state index is -4.07. The third-order valence-electron chi connectivity index (χ3n) is 7.16. The molecule has 0 fully saturated rings. The van der Waals surface area contributed by atoms with Crippen molar-refractivity contribution in [1.29, 1.82) is 0 Å². The van der Waals surface area contributed by atoms with Gasteiger partial charge in [-0.2, -0.15) is 11.3 Å². The number of hydrogen-bond donors (Lipinski definition) is 0. The number of rotatable bonds is 6. The van der Waals surface area contributed by atoms with Gasteiger partial charge >= 0.3 is 5.97 Å². The van der Waals surface area contributed by atoms with Crippen LogP contribution in [0.4, 0.5) is 5.00 Å². The van der Waals surface area contributed by atoms with Crippen molar-refractivity contribution in [2.45, 2.75) is 11.8 Å². The van der Waals surface area contributed by atoms with Crippen LogP contribution in [0.2, 0.25) is 0 Å². The van der Waals surface area contributed by atoms with Crippen LogP contribution in [0.1, 0.15) is 15.9 Å². The van der Waals surface area contributed by atoms with Crippen LogP contribution in [0.25, 0.3) is 49.3 Å². The number of aryl methyl sites for hydroxylation is 1. The Labute approximate surface area is 247 Å². The van der Waals surface area contributed by atoms with Crippen molar-refractivity contribution < 1.29 is 17.9 Å². The van der Waals surface area contributed by atoms with Crippen molar-refractivity contribution in [3.63, 3.8) is 0 Å². The zero-order valence-corrected chi connectivity index (χ0v) is 24.4. The summed E-state index contributed by atoms with van der Waals surface area (Å²) in [6.45, 7) is 9.72. The number of para-hydroxylation sites is 1. The molecule has 6 aromatic rings. The van der Waals surface area contributed by atoms with E-state index in [1.807, 2.05) is 66.9 Å². The van der Waals surface area contributed by atoms with Crippen molar-refractivity contribution in [3.05, 3.63) is 131 Å². The highest BCUT2D eigenvalue weighted by Crippen LogP contribution is 2.48. The molecule has 0 aliphatic heterocycles. The van der Waals surface area contributed by atoms with Crippen LogP contribution in [0, 0.1) is 13.5 Å². The molecule has 42 heavy (non-hydrogen) atoms. The first-order valence-corrected chi connectivity index (χ1v) is 15.4. The summed E-state index contributed by atoms with van der Waals surface area (Å²) in [6, 6.07) is 30.7. The van der Waals surface area contributed by atoms with Crippen LogP contribution in [0.3, 0.4) is 0 Å². The van der Waals surface area contributed by atoms with Crippen LogP contribution in [-0.2, 0) is 14.8 Å². The van der Waals surface area contributed by atoms with Crippen molar-refractivity contribution in [2.24, 2.45) is 0 Å². The van der Waals surface area contributed by atoms with E-state index in [-0.39, 0.29) is 4.90 Å². The maximum Gasteiger partial charge on any atom is 0.337 e. The monoisotopic (exact) mass is 588 g/mol. The van der Waals surface area contributed by atoms with E-state index >= 15 is 0 Å². The number of hydrogen-bond acceptors (Lipinski definition) is 5. The van der Waals surface area contributed by atoms with Gasteiger partial charge in [0.25, 0.3) is 10.0 Å². The van der Waals surface area contributed by atoms with Crippen LogP contribution < -0.4 is 0 Å². The molecule has 8 heteroatoms. The van der Waals surface area contributed by atoms with E-state index in [1.165, 1.54) is 22.4 Å². The first kappa shape index (κ1) is 27.2. The highest BCUT2D eigenvalue weighted by atomic mass is 32.2. The van der Waals surface area contributed by atoms with Gasteiger partial charge in [-0.1, -0.05) is 72.3 Å². The highest BCUT2D eigenvalue weighted by Gasteiger charge is 2.29. The molecule has 0 spiro atoms. The molecule has 206 valence electrons. The molecule has 0 amide bonds. The average Bonchev–Trinajstić information content (AvgIpc) is 3.63. The fourth-order valence-corrected chi connectivity index (χ4v) is 7.41. The molecule has 2 aromatic heterocycles. The topological polar surface area (TPSA) is 69.7 Å². The SMILES string of the molecule is [C-]#[N+]c1sccc1-c1c(-c2cccc(-c3cccc(C(=O)OC)c3)c2)n(S(=O)(=O)c2ccc(C)cc2)c2ccccc12. The van der Waals surface area contributed by atoms with Crippen molar-refractivity contribution in [3.8, 4) is 33.5 Å².